The third-order valence-electron chi connectivity index (χ3n) is 1.81. The first-order chi connectivity index (χ1) is 7.99. The Kier molecular flexibility index (Phi) is 4.15. The van der Waals surface area contributed by atoms with Crippen molar-refractivity contribution in [3.63, 3.8) is 0 Å². The standard InChI is InChI=1S/C10H12N4O3/c1-14(6-8(11)15)10-12-4-7(5-13-10)2-3-9(16)17/h2-5H,6H2,1H3,(H2,11,15)(H,16,17)/b3-2+. The molecule has 0 spiro atoms. The molecule has 0 saturated heterocycles. The van der Waals surface area contributed by atoms with Gasteiger partial charge >= 0.3 is 5.97 Å². The van der Waals surface area contributed by atoms with Crippen LogP contribution in [0.4, 0.5) is 5.95 Å². The fourth-order valence-electron chi connectivity index (χ4n) is 1.09. The lowest BCUT2D eigenvalue weighted by atomic mass is 10.3. The van der Waals surface area contributed by atoms with Crippen molar-refractivity contribution in [2.75, 3.05) is 18.5 Å². The molecule has 1 amide bonds. The normalized spacial score (nSPS) is 10.4. The highest BCUT2D eigenvalue weighted by Gasteiger charge is 2.06. The second kappa shape index (κ2) is 5.59. The quantitative estimate of drug-likeness (QED) is 0.667. The van der Waals surface area contributed by atoms with E-state index < -0.39 is 11.9 Å². The maximum atomic E-state index is 10.7. The zero-order valence-electron chi connectivity index (χ0n) is 9.20. The Balaban J connectivity index is 2.74. The van der Waals surface area contributed by atoms with Crippen molar-refractivity contribution in [3.8, 4) is 0 Å². The van der Waals surface area contributed by atoms with Crippen LogP contribution in [0.1, 0.15) is 5.56 Å². The molecule has 0 bridgehead atoms. The number of primary amides is 1. The summed E-state index contributed by atoms with van der Waals surface area (Å²) in [5, 5.41) is 8.43. The predicted octanol–water partition coefficient (Wildman–Crippen LogP) is -0.504. The molecule has 0 radical (unpaired) electrons. The smallest absolute Gasteiger partial charge is 0.328 e. The molecule has 0 aliphatic carbocycles. The summed E-state index contributed by atoms with van der Waals surface area (Å²) in [5.74, 6) is -1.18. The number of carbonyl (C=O) groups is 2. The molecule has 1 rings (SSSR count). The van der Waals surface area contributed by atoms with Crippen molar-refractivity contribution in [1.82, 2.24) is 9.97 Å². The Hall–Kier alpha value is -2.44. The number of amides is 1. The SMILES string of the molecule is CN(CC(N)=O)c1ncc(/C=C/C(=O)O)cn1. The van der Waals surface area contributed by atoms with Crippen LogP contribution in [0.25, 0.3) is 6.08 Å². The zero-order valence-corrected chi connectivity index (χ0v) is 9.20. The summed E-state index contributed by atoms with van der Waals surface area (Å²) in [6.45, 7) is 0.0182. The topological polar surface area (TPSA) is 109 Å². The van der Waals surface area contributed by atoms with Crippen molar-refractivity contribution in [1.29, 1.82) is 0 Å². The predicted molar refractivity (Wildman–Crippen MR) is 61.2 cm³/mol. The highest BCUT2D eigenvalue weighted by atomic mass is 16.4. The van der Waals surface area contributed by atoms with Gasteiger partial charge in [0, 0.05) is 31.1 Å². The van der Waals surface area contributed by atoms with Crippen LogP contribution < -0.4 is 10.6 Å². The van der Waals surface area contributed by atoms with E-state index in [1.165, 1.54) is 23.4 Å². The Bertz CT molecular complexity index is 441. The van der Waals surface area contributed by atoms with E-state index in [-0.39, 0.29) is 6.54 Å². The molecule has 3 N–H and O–H groups in total. The van der Waals surface area contributed by atoms with E-state index in [9.17, 15) is 9.59 Å². The first kappa shape index (κ1) is 12.6. The van der Waals surface area contributed by atoms with Crippen molar-refractivity contribution >= 4 is 23.9 Å². The average Bonchev–Trinajstić information content (AvgIpc) is 2.26. The Morgan fingerprint density at radius 2 is 2.06 bits per heavy atom. The van der Waals surface area contributed by atoms with E-state index in [0.717, 1.165) is 6.08 Å². The molecule has 0 saturated carbocycles. The summed E-state index contributed by atoms with van der Waals surface area (Å²) in [4.78, 5) is 30.4. The molecular formula is C10H12N4O3. The van der Waals surface area contributed by atoms with E-state index in [4.69, 9.17) is 10.8 Å². The number of carbonyl (C=O) groups excluding carboxylic acids is 1. The third kappa shape index (κ3) is 4.29. The number of hydrogen-bond donors (Lipinski definition) is 2. The van der Waals surface area contributed by atoms with Crippen LogP contribution in [0, 0.1) is 0 Å². The van der Waals surface area contributed by atoms with Crippen LogP contribution in [0.15, 0.2) is 18.5 Å². The van der Waals surface area contributed by atoms with Gasteiger partial charge in [-0.2, -0.15) is 0 Å². The lowest BCUT2D eigenvalue weighted by Gasteiger charge is -2.13. The number of hydrogen-bond acceptors (Lipinski definition) is 5. The molecular weight excluding hydrogens is 224 g/mol. The molecule has 7 nitrogen and oxygen atoms in total. The van der Waals surface area contributed by atoms with Crippen LogP contribution in [0.3, 0.4) is 0 Å². The summed E-state index contributed by atoms with van der Waals surface area (Å²) >= 11 is 0. The molecule has 0 aliphatic rings. The molecule has 17 heavy (non-hydrogen) atoms. The lowest BCUT2D eigenvalue weighted by molar-refractivity contribution is -0.131. The van der Waals surface area contributed by atoms with Gasteiger partial charge in [0.2, 0.25) is 11.9 Å². The van der Waals surface area contributed by atoms with Gasteiger partial charge in [0.1, 0.15) is 0 Å². The van der Waals surface area contributed by atoms with Crippen molar-refractivity contribution < 1.29 is 14.7 Å². The monoisotopic (exact) mass is 236 g/mol. The minimum Gasteiger partial charge on any atom is -0.478 e. The maximum absolute atomic E-state index is 10.7. The molecule has 0 unspecified atom stereocenters. The number of rotatable bonds is 5. The van der Waals surface area contributed by atoms with Crippen molar-refractivity contribution in [2.24, 2.45) is 5.73 Å². The lowest BCUT2D eigenvalue weighted by Crippen LogP contribution is -2.31. The molecule has 0 aromatic carbocycles. The molecule has 0 fully saturated rings. The van der Waals surface area contributed by atoms with Crippen LogP contribution >= 0.6 is 0 Å². The van der Waals surface area contributed by atoms with Gasteiger partial charge in [-0.1, -0.05) is 0 Å². The molecule has 0 atom stereocenters. The summed E-state index contributed by atoms with van der Waals surface area (Å²) in [6.07, 6.45) is 5.28. The van der Waals surface area contributed by atoms with Crippen molar-refractivity contribution in [2.45, 2.75) is 0 Å². The zero-order chi connectivity index (χ0) is 12.8. The molecule has 7 heteroatoms. The molecule has 1 heterocycles. The third-order valence-corrected chi connectivity index (χ3v) is 1.81. The highest BCUT2D eigenvalue weighted by Crippen LogP contribution is 2.05. The van der Waals surface area contributed by atoms with Gasteiger partial charge in [0.25, 0.3) is 0 Å². The molecule has 1 aromatic rings. The Labute approximate surface area is 97.6 Å². The number of carboxylic acids is 1. The average molecular weight is 236 g/mol. The fourth-order valence-corrected chi connectivity index (χ4v) is 1.09. The first-order valence-electron chi connectivity index (χ1n) is 4.71. The minimum atomic E-state index is -1.04. The second-order valence-corrected chi connectivity index (χ2v) is 3.31. The summed E-state index contributed by atoms with van der Waals surface area (Å²) < 4.78 is 0. The summed E-state index contributed by atoms with van der Waals surface area (Å²) in [7, 11) is 1.63. The largest absolute Gasteiger partial charge is 0.478 e. The van der Waals surface area contributed by atoms with Crippen LogP contribution in [0.2, 0.25) is 0 Å². The second-order valence-electron chi connectivity index (χ2n) is 3.31. The van der Waals surface area contributed by atoms with Gasteiger partial charge < -0.3 is 15.7 Å². The number of carboxylic acid groups (broad SMARTS) is 1. The van der Waals surface area contributed by atoms with E-state index >= 15 is 0 Å². The van der Waals surface area contributed by atoms with Gasteiger partial charge in [-0.3, -0.25) is 4.79 Å². The summed E-state index contributed by atoms with van der Waals surface area (Å²) in [6, 6.07) is 0. The Morgan fingerprint density at radius 1 is 1.47 bits per heavy atom. The minimum absolute atomic E-state index is 0.0182. The van der Waals surface area contributed by atoms with Gasteiger partial charge in [-0.05, 0) is 6.08 Å². The number of nitrogens with two attached hydrogens (primary N) is 1. The van der Waals surface area contributed by atoms with Crippen molar-refractivity contribution in [3.05, 3.63) is 24.0 Å². The van der Waals surface area contributed by atoms with Gasteiger partial charge in [0.15, 0.2) is 0 Å². The van der Waals surface area contributed by atoms with Gasteiger partial charge in [-0.15, -0.1) is 0 Å². The summed E-state index contributed by atoms with van der Waals surface area (Å²) in [5.41, 5.74) is 5.59. The number of aliphatic carboxylic acids is 1. The van der Waals surface area contributed by atoms with Crippen LogP contribution in [-0.4, -0.2) is 40.5 Å². The number of likely N-dealkylation sites (N-methyl/N-ethyl adjacent to an activating group) is 1. The van der Waals surface area contributed by atoms with E-state index in [2.05, 4.69) is 9.97 Å². The number of nitrogens with zero attached hydrogens (tertiary/aromatic N) is 3. The number of aromatic nitrogens is 2. The van der Waals surface area contributed by atoms with Crippen LogP contribution in [-0.2, 0) is 9.59 Å². The van der Waals surface area contributed by atoms with Gasteiger partial charge in [-0.25, -0.2) is 14.8 Å². The number of anilines is 1. The van der Waals surface area contributed by atoms with Gasteiger partial charge in [0.05, 0.1) is 6.54 Å². The van der Waals surface area contributed by atoms with E-state index in [0.29, 0.717) is 11.5 Å². The molecule has 90 valence electrons. The van der Waals surface area contributed by atoms with Crippen LogP contribution in [0.5, 0.6) is 0 Å². The molecule has 1 aromatic heterocycles. The first-order valence-corrected chi connectivity index (χ1v) is 4.71. The van der Waals surface area contributed by atoms with E-state index in [1.54, 1.807) is 7.05 Å². The molecule has 0 aliphatic heterocycles. The van der Waals surface area contributed by atoms with E-state index in [1.807, 2.05) is 0 Å². The maximum Gasteiger partial charge on any atom is 0.328 e. The Morgan fingerprint density at radius 3 is 2.53 bits per heavy atom. The fraction of sp³-hybridized carbons (Fsp3) is 0.200. The highest BCUT2D eigenvalue weighted by molar-refractivity contribution is 5.85.